The molecular weight excluding hydrogens is 340 g/mol. The van der Waals surface area contributed by atoms with Crippen LogP contribution in [0, 0.1) is 0 Å². The summed E-state index contributed by atoms with van der Waals surface area (Å²) < 4.78 is 7.27. The summed E-state index contributed by atoms with van der Waals surface area (Å²) in [5.74, 6) is 1.62. The number of hydrogen-bond acceptors (Lipinski definition) is 4. The largest absolute Gasteiger partial charge is 0.496 e. The standard InChI is InChI=1S/C21H22N4O2/c1-27-19-7-3-2-5-16(19)13-18-6-4-11-25(18)21(26)17-8-9-23-20(14-17)24-12-10-22-15-24/h2-3,5,7-10,12,14-15,18H,4,6,11,13H2,1H3. The number of aromatic nitrogens is 3. The number of para-hydroxylation sites is 1. The first-order valence-electron chi connectivity index (χ1n) is 9.13. The molecule has 3 aromatic rings. The van der Waals surface area contributed by atoms with Crippen LogP contribution in [0.1, 0.15) is 28.8 Å². The zero-order valence-electron chi connectivity index (χ0n) is 15.3. The minimum atomic E-state index is 0.0520. The molecule has 6 nitrogen and oxygen atoms in total. The molecule has 1 aromatic carbocycles. The lowest BCUT2D eigenvalue weighted by atomic mass is 10.0. The van der Waals surface area contributed by atoms with E-state index in [2.05, 4.69) is 16.0 Å². The maximum absolute atomic E-state index is 13.2. The Morgan fingerprint density at radius 2 is 2.15 bits per heavy atom. The average molecular weight is 362 g/mol. The molecule has 0 aliphatic carbocycles. The summed E-state index contributed by atoms with van der Waals surface area (Å²) in [6.07, 6.45) is 9.69. The van der Waals surface area contributed by atoms with Gasteiger partial charge in [0.15, 0.2) is 0 Å². The fourth-order valence-corrected chi connectivity index (χ4v) is 3.69. The molecule has 27 heavy (non-hydrogen) atoms. The van der Waals surface area contributed by atoms with Gasteiger partial charge >= 0.3 is 0 Å². The number of nitrogens with zero attached hydrogens (tertiary/aromatic N) is 4. The highest BCUT2D eigenvalue weighted by molar-refractivity contribution is 5.95. The highest BCUT2D eigenvalue weighted by Gasteiger charge is 2.30. The van der Waals surface area contributed by atoms with E-state index in [1.807, 2.05) is 35.4 Å². The molecule has 1 aliphatic rings. The van der Waals surface area contributed by atoms with Crippen molar-refractivity contribution < 1.29 is 9.53 Å². The number of ether oxygens (including phenoxy) is 1. The highest BCUT2D eigenvalue weighted by Crippen LogP contribution is 2.27. The molecule has 1 saturated heterocycles. The normalized spacial score (nSPS) is 16.5. The van der Waals surface area contributed by atoms with Gasteiger partial charge in [0, 0.05) is 36.7 Å². The van der Waals surface area contributed by atoms with Gasteiger partial charge in [0.25, 0.3) is 5.91 Å². The molecule has 138 valence electrons. The summed E-state index contributed by atoms with van der Waals surface area (Å²) in [4.78, 5) is 23.5. The Morgan fingerprint density at radius 1 is 1.26 bits per heavy atom. The topological polar surface area (TPSA) is 60.2 Å². The van der Waals surface area contributed by atoms with E-state index in [4.69, 9.17) is 4.74 Å². The molecule has 0 saturated carbocycles. The Hall–Kier alpha value is -3.15. The smallest absolute Gasteiger partial charge is 0.254 e. The van der Waals surface area contributed by atoms with E-state index in [0.29, 0.717) is 11.4 Å². The molecule has 0 spiro atoms. The van der Waals surface area contributed by atoms with Crippen molar-refractivity contribution in [3.8, 4) is 11.6 Å². The van der Waals surface area contributed by atoms with E-state index in [1.54, 1.807) is 36.5 Å². The maximum atomic E-state index is 13.2. The number of methoxy groups -OCH3 is 1. The van der Waals surface area contributed by atoms with Crippen molar-refractivity contribution in [2.24, 2.45) is 0 Å². The quantitative estimate of drug-likeness (QED) is 0.700. The Balaban J connectivity index is 1.55. The second kappa shape index (κ2) is 7.61. The van der Waals surface area contributed by atoms with Crippen LogP contribution in [-0.2, 0) is 6.42 Å². The van der Waals surface area contributed by atoms with Gasteiger partial charge in [0.1, 0.15) is 17.9 Å². The van der Waals surface area contributed by atoms with E-state index < -0.39 is 0 Å². The van der Waals surface area contributed by atoms with Gasteiger partial charge in [-0.25, -0.2) is 9.97 Å². The third-order valence-electron chi connectivity index (χ3n) is 5.05. The molecule has 1 amide bonds. The number of benzene rings is 1. The van der Waals surface area contributed by atoms with Gasteiger partial charge in [0.05, 0.1) is 7.11 Å². The van der Waals surface area contributed by atoms with Crippen molar-refractivity contribution in [2.75, 3.05) is 13.7 Å². The lowest BCUT2D eigenvalue weighted by Gasteiger charge is -2.25. The van der Waals surface area contributed by atoms with Crippen LogP contribution in [0.25, 0.3) is 5.82 Å². The zero-order valence-corrected chi connectivity index (χ0v) is 15.3. The van der Waals surface area contributed by atoms with Crippen LogP contribution < -0.4 is 4.74 Å². The van der Waals surface area contributed by atoms with Crippen molar-refractivity contribution in [1.82, 2.24) is 19.4 Å². The average Bonchev–Trinajstić information content (AvgIpc) is 3.40. The molecular formula is C21H22N4O2. The summed E-state index contributed by atoms with van der Waals surface area (Å²) in [7, 11) is 1.69. The van der Waals surface area contributed by atoms with Gasteiger partial charge < -0.3 is 9.64 Å². The number of rotatable bonds is 5. The van der Waals surface area contributed by atoms with E-state index in [1.165, 1.54) is 0 Å². The van der Waals surface area contributed by atoms with Crippen molar-refractivity contribution >= 4 is 5.91 Å². The zero-order chi connectivity index (χ0) is 18.6. The number of carbonyl (C=O) groups excluding carboxylic acids is 1. The SMILES string of the molecule is COc1ccccc1CC1CCCN1C(=O)c1ccnc(-n2ccnc2)c1. The van der Waals surface area contributed by atoms with Crippen LogP contribution in [0.2, 0.25) is 0 Å². The number of carbonyl (C=O) groups is 1. The van der Waals surface area contributed by atoms with Gasteiger partial charge in [-0.2, -0.15) is 0 Å². The number of amides is 1. The maximum Gasteiger partial charge on any atom is 0.254 e. The Morgan fingerprint density at radius 3 is 2.96 bits per heavy atom. The Bertz CT molecular complexity index is 923. The van der Waals surface area contributed by atoms with Crippen LogP contribution in [0.15, 0.2) is 61.3 Å². The third-order valence-corrected chi connectivity index (χ3v) is 5.05. The fourth-order valence-electron chi connectivity index (χ4n) is 3.69. The molecule has 1 aliphatic heterocycles. The summed E-state index contributed by atoms with van der Waals surface area (Å²) in [5.41, 5.74) is 1.79. The molecule has 1 unspecified atom stereocenters. The predicted molar refractivity (Wildman–Crippen MR) is 102 cm³/mol. The van der Waals surface area contributed by atoms with E-state index >= 15 is 0 Å². The summed E-state index contributed by atoms with van der Waals surface area (Å²) >= 11 is 0. The molecule has 0 bridgehead atoms. The molecule has 0 radical (unpaired) electrons. The number of imidazole rings is 1. The molecule has 3 heterocycles. The van der Waals surface area contributed by atoms with E-state index in [-0.39, 0.29) is 11.9 Å². The van der Waals surface area contributed by atoms with E-state index in [0.717, 1.165) is 37.1 Å². The van der Waals surface area contributed by atoms with Gasteiger partial charge in [-0.15, -0.1) is 0 Å². The second-order valence-electron chi connectivity index (χ2n) is 6.68. The summed E-state index contributed by atoms with van der Waals surface area (Å²) in [5, 5.41) is 0. The lowest BCUT2D eigenvalue weighted by molar-refractivity contribution is 0.0736. The summed E-state index contributed by atoms with van der Waals surface area (Å²) in [6.45, 7) is 0.779. The van der Waals surface area contributed by atoms with Crippen molar-refractivity contribution in [3.05, 3.63) is 72.4 Å². The fraction of sp³-hybridized carbons (Fsp3) is 0.286. The van der Waals surface area contributed by atoms with E-state index in [9.17, 15) is 4.79 Å². The van der Waals surface area contributed by atoms with Crippen molar-refractivity contribution in [1.29, 1.82) is 0 Å². The Labute approximate surface area is 158 Å². The Kier molecular flexibility index (Phi) is 4.87. The van der Waals surface area contributed by atoms with Gasteiger partial charge in [0.2, 0.25) is 0 Å². The van der Waals surface area contributed by atoms with Gasteiger partial charge in [-0.3, -0.25) is 9.36 Å². The van der Waals surface area contributed by atoms with Crippen LogP contribution in [0.5, 0.6) is 5.75 Å². The highest BCUT2D eigenvalue weighted by atomic mass is 16.5. The minimum absolute atomic E-state index is 0.0520. The van der Waals surface area contributed by atoms with Gasteiger partial charge in [-0.1, -0.05) is 18.2 Å². The first kappa shape index (κ1) is 17.3. The van der Waals surface area contributed by atoms with Crippen LogP contribution in [0.3, 0.4) is 0 Å². The van der Waals surface area contributed by atoms with Crippen LogP contribution in [-0.4, -0.2) is 45.0 Å². The number of hydrogen-bond donors (Lipinski definition) is 0. The second-order valence-corrected chi connectivity index (χ2v) is 6.68. The lowest BCUT2D eigenvalue weighted by Crippen LogP contribution is -2.37. The van der Waals surface area contributed by atoms with Crippen molar-refractivity contribution in [3.63, 3.8) is 0 Å². The molecule has 0 N–H and O–H groups in total. The molecule has 6 heteroatoms. The number of likely N-dealkylation sites (tertiary alicyclic amines) is 1. The first-order chi connectivity index (χ1) is 13.3. The third kappa shape index (κ3) is 3.56. The molecule has 4 rings (SSSR count). The number of pyridine rings is 1. The molecule has 1 fully saturated rings. The molecule has 2 aromatic heterocycles. The van der Waals surface area contributed by atoms with Crippen LogP contribution >= 0.6 is 0 Å². The predicted octanol–water partition coefficient (Wildman–Crippen LogP) is 3.12. The first-order valence-corrected chi connectivity index (χ1v) is 9.13. The van der Waals surface area contributed by atoms with Crippen LogP contribution in [0.4, 0.5) is 0 Å². The molecule has 1 atom stereocenters. The van der Waals surface area contributed by atoms with Gasteiger partial charge in [-0.05, 0) is 43.0 Å². The van der Waals surface area contributed by atoms with Crippen molar-refractivity contribution in [2.45, 2.75) is 25.3 Å². The minimum Gasteiger partial charge on any atom is -0.496 e. The summed E-state index contributed by atoms with van der Waals surface area (Å²) in [6, 6.07) is 11.8. The monoisotopic (exact) mass is 362 g/mol.